The molecule has 0 aliphatic heterocycles. The molecule has 0 heterocycles. The Bertz CT molecular complexity index is 566. The average Bonchev–Trinajstić information content (AvgIpc) is 2.28. The van der Waals surface area contributed by atoms with E-state index >= 15 is 0 Å². The third-order valence-electron chi connectivity index (χ3n) is 2.25. The van der Waals surface area contributed by atoms with E-state index in [2.05, 4.69) is 21.9 Å². The quantitative estimate of drug-likeness (QED) is 0.765. The van der Waals surface area contributed by atoms with Gasteiger partial charge in [0, 0.05) is 11.0 Å². The maximum atomic E-state index is 12.4. The van der Waals surface area contributed by atoms with E-state index in [-0.39, 0.29) is 16.5 Å². The van der Waals surface area contributed by atoms with Gasteiger partial charge in [-0.1, -0.05) is 40.4 Å². The molecule has 0 amide bonds. The van der Waals surface area contributed by atoms with E-state index in [1.165, 1.54) is 10.4 Å². The van der Waals surface area contributed by atoms with E-state index in [1.807, 2.05) is 6.92 Å². The molecule has 1 rings (SSSR count). The van der Waals surface area contributed by atoms with E-state index in [9.17, 15) is 8.42 Å². The van der Waals surface area contributed by atoms with Crippen molar-refractivity contribution >= 4 is 37.6 Å². The second-order valence-electron chi connectivity index (χ2n) is 3.62. The van der Waals surface area contributed by atoms with Crippen molar-refractivity contribution in [3.8, 4) is 12.3 Å². The number of nitrogens with zero attached hydrogens (tertiary/aromatic N) is 1. The highest BCUT2D eigenvalue weighted by molar-refractivity contribution is 9.10. The monoisotopic (exact) mass is 349 g/mol. The average molecular weight is 351 g/mol. The number of benzene rings is 1. The Morgan fingerprint density at radius 1 is 1.50 bits per heavy atom. The Hall–Kier alpha value is -0.540. The molecule has 0 bridgehead atoms. The first kappa shape index (κ1) is 15.5. The van der Waals surface area contributed by atoms with E-state index < -0.39 is 10.0 Å². The molecule has 98 valence electrons. The summed E-state index contributed by atoms with van der Waals surface area (Å²) in [6.07, 6.45) is 5.89. The van der Waals surface area contributed by atoms with Gasteiger partial charge >= 0.3 is 0 Å². The number of rotatable bonds is 5. The van der Waals surface area contributed by atoms with Gasteiger partial charge in [-0.05, 0) is 24.6 Å². The lowest BCUT2D eigenvalue weighted by Crippen LogP contribution is -2.32. The van der Waals surface area contributed by atoms with Gasteiger partial charge in [0.05, 0.1) is 11.6 Å². The van der Waals surface area contributed by atoms with Gasteiger partial charge in [-0.25, -0.2) is 8.42 Å². The second kappa shape index (κ2) is 6.58. The van der Waals surface area contributed by atoms with Crippen molar-refractivity contribution in [2.24, 2.45) is 0 Å². The Balaban J connectivity index is 3.22. The molecule has 0 aliphatic rings. The molecule has 0 aliphatic carbocycles. The fourth-order valence-electron chi connectivity index (χ4n) is 1.46. The first-order valence-corrected chi connectivity index (χ1v) is 7.93. The largest absolute Gasteiger partial charge is 0.245 e. The van der Waals surface area contributed by atoms with Crippen molar-refractivity contribution in [2.45, 2.75) is 18.2 Å². The zero-order chi connectivity index (χ0) is 13.8. The molecular weight excluding hydrogens is 338 g/mol. The molecule has 0 fully saturated rings. The topological polar surface area (TPSA) is 37.4 Å². The highest BCUT2D eigenvalue weighted by Gasteiger charge is 2.25. The fourth-order valence-corrected chi connectivity index (χ4v) is 3.92. The van der Waals surface area contributed by atoms with Crippen molar-refractivity contribution in [3.63, 3.8) is 0 Å². The lowest BCUT2D eigenvalue weighted by atomic mass is 10.4. The zero-order valence-electron chi connectivity index (χ0n) is 9.86. The number of hydrogen-bond acceptors (Lipinski definition) is 2. The van der Waals surface area contributed by atoms with Crippen LogP contribution >= 0.6 is 27.5 Å². The summed E-state index contributed by atoms with van der Waals surface area (Å²) in [7, 11) is -3.63. The van der Waals surface area contributed by atoms with Gasteiger partial charge in [0.1, 0.15) is 4.90 Å². The maximum absolute atomic E-state index is 12.4. The van der Waals surface area contributed by atoms with Gasteiger partial charge in [0.2, 0.25) is 10.0 Å². The van der Waals surface area contributed by atoms with Crippen LogP contribution in [-0.2, 0) is 10.0 Å². The van der Waals surface area contributed by atoms with Crippen molar-refractivity contribution in [2.75, 3.05) is 13.1 Å². The first-order chi connectivity index (χ1) is 8.43. The van der Waals surface area contributed by atoms with Gasteiger partial charge in [0.15, 0.2) is 0 Å². The Morgan fingerprint density at radius 2 is 2.17 bits per heavy atom. The minimum atomic E-state index is -3.63. The SMILES string of the molecule is C#CCN(CCC)S(=O)(=O)c1ccc(Br)cc1Cl. The summed E-state index contributed by atoms with van der Waals surface area (Å²) in [5.41, 5.74) is 0. The van der Waals surface area contributed by atoms with Crippen LogP contribution in [0.1, 0.15) is 13.3 Å². The van der Waals surface area contributed by atoms with Crippen LogP contribution in [0.25, 0.3) is 0 Å². The van der Waals surface area contributed by atoms with Crippen LogP contribution in [0.15, 0.2) is 27.6 Å². The van der Waals surface area contributed by atoms with E-state index in [0.717, 1.165) is 4.47 Å². The van der Waals surface area contributed by atoms with Crippen molar-refractivity contribution in [1.82, 2.24) is 4.31 Å². The molecule has 0 saturated carbocycles. The minimum absolute atomic E-state index is 0.0442. The first-order valence-electron chi connectivity index (χ1n) is 5.32. The normalized spacial score (nSPS) is 11.5. The van der Waals surface area contributed by atoms with Gasteiger partial charge in [-0.2, -0.15) is 4.31 Å². The van der Waals surface area contributed by atoms with Crippen LogP contribution in [0.5, 0.6) is 0 Å². The van der Waals surface area contributed by atoms with Crippen LogP contribution in [0.2, 0.25) is 5.02 Å². The lowest BCUT2D eigenvalue weighted by Gasteiger charge is -2.19. The fraction of sp³-hybridized carbons (Fsp3) is 0.333. The molecule has 6 heteroatoms. The summed E-state index contributed by atoms with van der Waals surface area (Å²) in [4.78, 5) is 0.0797. The molecule has 0 spiro atoms. The molecule has 1 aromatic carbocycles. The Labute approximate surface area is 121 Å². The Kier molecular flexibility index (Phi) is 5.67. The predicted molar refractivity (Wildman–Crippen MR) is 77.0 cm³/mol. The highest BCUT2D eigenvalue weighted by Crippen LogP contribution is 2.27. The summed E-state index contributed by atoms with van der Waals surface area (Å²) in [5.74, 6) is 2.35. The molecular formula is C12H13BrClNO2S. The molecule has 0 N–H and O–H groups in total. The molecule has 0 radical (unpaired) electrons. The van der Waals surface area contributed by atoms with Gasteiger partial charge in [-0.15, -0.1) is 6.42 Å². The summed E-state index contributed by atoms with van der Waals surface area (Å²) in [5, 5.41) is 0.183. The summed E-state index contributed by atoms with van der Waals surface area (Å²) in [6, 6.07) is 4.66. The molecule has 0 atom stereocenters. The van der Waals surface area contributed by atoms with Gasteiger partial charge in [-0.3, -0.25) is 0 Å². The standard InChI is InChI=1S/C12H13BrClNO2S/c1-3-7-15(8-4-2)18(16,17)12-6-5-10(13)9-11(12)14/h1,5-6,9H,4,7-8H2,2H3. The number of hydrogen-bond donors (Lipinski definition) is 0. The molecule has 0 unspecified atom stereocenters. The highest BCUT2D eigenvalue weighted by atomic mass is 79.9. The number of sulfonamides is 1. The molecule has 0 saturated heterocycles. The van der Waals surface area contributed by atoms with E-state index in [1.54, 1.807) is 12.1 Å². The predicted octanol–water partition coefficient (Wildman–Crippen LogP) is 3.14. The molecule has 18 heavy (non-hydrogen) atoms. The summed E-state index contributed by atoms with van der Waals surface area (Å²) >= 11 is 9.21. The van der Waals surface area contributed by atoms with Crippen LogP contribution in [0.4, 0.5) is 0 Å². The summed E-state index contributed by atoms with van der Waals surface area (Å²) < 4.78 is 26.7. The van der Waals surface area contributed by atoms with Crippen molar-refractivity contribution in [3.05, 3.63) is 27.7 Å². The van der Waals surface area contributed by atoms with Crippen LogP contribution in [0, 0.1) is 12.3 Å². The van der Waals surface area contributed by atoms with Crippen LogP contribution in [0.3, 0.4) is 0 Å². The maximum Gasteiger partial charge on any atom is 0.245 e. The third-order valence-corrected chi connectivity index (χ3v) is 5.07. The number of terminal acetylenes is 1. The van der Waals surface area contributed by atoms with Crippen molar-refractivity contribution in [1.29, 1.82) is 0 Å². The van der Waals surface area contributed by atoms with E-state index in [0.29, 0.717) is 13.0 Å². The lowest BCUT2D eigenvalue weighted by molar-refractivity contribution is 0.445. The molecule has 3 nitrogen and oxygen atoms in total. The molecule has 0 aromatic heterocycles. The smallest absolute Gasteiger partial charge is 0.207 e. The summed E-state index contributed by atoms with van der Waals surface area (Å²) in [6.45, 7) is 2.31. The second-order valence-corrected chi connectivity index (χ2v) is 6.85. The van der Waals surface area contributed by atoms with Crippen molar-refractivity contribution < 1.29 is 8.42 Å². The zero-order valence-corrected chi connectivity index (χ0v) is 13.0. The number of halogens is 2. The Morgan fingerprint density at radius 3 is 2.67 bits per heavy atom. The van der Waals surface area contributed by atoms with Crippen LogP contribution in [-0.4, -0.2) is 25.8 Å². The van der Waals surface area contributed by atoms with Crippen LogP contribution < -0.4 is 0 Å². The minimum Gasteiger partial charge on any atom is -0.207 e. The van der Waals surface area contributed by atoms with Gasteiger partial charge in [0.25, 0.3) is 0 Å². The van der Waals surface area contributed by atoms with E-state index in [4.69, 9.17) is 18.0 Å². The third kappa shape index (κ3) is 3.48. The molecule has 1 aromatic rings. The van der Waals surface area contributed by atoms with Gasteiger partial charge < -0.3 is 0 Å².